The van der Waals surface area contributed by atoms with Crippen LogP contribution in [0, 0.1) is 0 Å². The van der Waals surface area contributed by atoms with Crippen molar-refractivity contribution >= 4 is 24.7 Å². The number of rotatable bonds is 6. The average molecular weight is 340 g/mol. The first kappa shape index (κ1) is 18.2. The quantitative estimate of drug-likeness (QED) is 0.350. The molecule has 0 fully saturated rings. The van der Waals surface area contributed by atoms with Crippen LogP contribution in [0.5, 0.6) is 0 Å². The number of carbonyl (C=O) groups excluding carboxylic acids is 1. The molecule has 2 aromatic rings. The molecule has 0 saturated heterocycles. The zero-order valence-corrected chi connectivity index (χ0v) is 15.5. The fraction of sp³-hybridized carbons (Fsp3) is 0.250. The van der Waals surface area contributed by atoms with Crippen LogP contribution in [0.25, 0.3) is 0 Å². The van der Waals surface area contributed by atoms with Gasteiger partial charge in [-0.2, -0.15) is 0 Å². The Kier molecular flexibility index (Phi) is 5.75. The van der Waals surface area contributed by atoms with E-state index >= 15 is 0 Å². The molecule has 0 aliphatic rings. The Morgan fingerprint density at radius 3 is 1.83 bits per heavy atom. The number of ether oxygens (including phenoxy) is 1. The van der Waals surface area contributed by atoms with Crippen LogP contribution in [0.2, 0.25) is 5.04 Å². The van der Waals surface area contributed by atoms with Crippen LogP contribution in [0.3, 0.4) is 0 Å². The van der Waals surface area contributed by atoms with E-state index in [9.17, 15) is 4.79 Å². The third-order valence-electron chi connectivity index (χ3n) is 4.06. The molecule has 0 aliphatic heterocycles. The predicted molar refractivity (Wildman–Crippen MR) is 99.9 cm³/mol. The summed E-state index contributed by atoms with van der Waals surface area (Å²) in [4.78, 5) is 11.4. The highest BCUT2D eigenvalue weighted by molar-refractivity contribution is 6.99. The second kappa shape index (κ2) is 7.60. The summed E-state index contributed by atoms with van der Waals surface area (Å²) < 4.78 is 11.5. The van der Waals surface area contributed by atoms with Gasteiger partial charge in [0.05, 0.1) is 0 Å². The lowest BCUT2D eigenvalue weighted by atomic mass is 10.2. The Hall–Kier alpha value is -2.17. The first-order valence-electron chi connectivity index (χ1n) is 7.96. The highest BCUT2D eigenvalue weighted by atomic mass is 28.4. The van der Waals surface area contributed by atoms with E-state index < -0.39 is 14.3 Å². The Bertz CT molecular complexity index is 636. The highest BCUT2D eigenvalue weighted by Gasteiger charge is 2.50. The van der Waals surface area contributed by atoms with Gasteiger partial charge in [-0.1, -0.05) is 88.0 Å². The molecule has 0 N–H and O–H groups in total. The Morgan fingerprint density at radius 2 is 1.46 bits per heavy atom. The van der Waals surface area contributed by atoms with E-state index in [0.29, 0.717) is 0 Å². The summed E-state index contributed by atoms with van der Waals surface area (Å²) in [5, 5.41) is 2.16. The summed E-state index contributed by atoms with van der Waals surface area (Å²) in [6.45, 7) is 9.86. The van der Waals surface area contributed by atoms with Gasteiger partial charge in [0.25, 0.3) is 8.32 Å². The maximum absolute atomic E-state index is 11.4. The van der Waals surface area contributed by atoms with Gasteiger partial charge in [-0.05, 0) is 15.4 Å². The van der Waals surface area contributed by atoms with Gasteiger partial charge in [0.2, 0.25) is 0 Å². The molecule has 0 spiro atoms. The van der Waals surface area contributed by atoms with E-state index in [2.05, 4.69) is 51.6 Å². The fourth-order valence-corrected chi connectivity index (χ4v) is 7.39. The molecule has 3 nitrogen and oxygen atoms in total. The second-order valence-corrected chi connectivity index (χ2v) is 10.9. The molecular formula is C20H24O3Si. The van der Waals surface area contributed by atoms with Crippen molar-refractivity contribution in [3.8, 4) is 0 Å². The molecule has 0 atom stereocenters. The van der Waals surface area contributed by atoms with Crippen molar-refractivity contribution in [3.63, 3.8) is 0 Å². The van der Waals surface area contributed by atoms with Gasteiger partial charge in [0.15, 0.2) is 6.79 Å². The van der Waals surface area contributed by atoms with Gasteiger partial charge >= 0.3 is 5.97 Å². The molecule has 0 amide bonds. The molecule has 2 aromatic carbocycles. The predicted octanol–water partition coefficient (Wildman–Crippen LogP) is 3.25. The van der Waals surface area contributed by atoms with Gasteiger partial charge in [-0.25, -0.2) is 4.79 Å². The largest absolute Gasteiger partial charge is 0.436 e. The third kappa shape index (κ3) is 3.66. The Balaban J connectivity index is 2.53. The number of hydrogen-bond donors (Lipinski definition) is 0. The number of benzene rings is 2. The molecule has 4 heteroatoms. The van der Waals surface area contributed by atoms with E-state index in [4.69, 9.17) is 9.16 Å². The lowest BCUT2D eigenvalue weighted by Crippen LogP contribution is -2.66. The van der Waals surface area contributed by atoms with Crippen molar-refractivity contribution in [3.05, 3.63) is 73.3 Å². The standard InChI is InChI=1S/C20H24O3Si/c1-5-19(21)22-16-23-24(20(2,3)4,17-12-8-6-9-13-17)18-14-10-7-11-15-18/h5-15H,1,16H2,2-4H3. The van der Waals surface area contributed by atoms with Crippen LogP contribution in [0.4, 0.5) is 0 Å². The van der Waals surface area contributed by atoms with Crippen molar-refractivity contribution in [1.29, 1.82) is 0 Å². The summed E-state index contributed by atoms with van der Waals surface area (Å²) >= 11 is 0. The number of carbonyl (C=O) groups is 1. The van der Waals surface area contributed by atoms with Crippen molar-refractivity contribution < 1.29 is 14.0 Å². The highest BCUT2D eigenvalue weighted by Crippen LogP contribution is 2.36. The van der Waals surface area contributed by atoms with E-state index in [0.717, 1.165) is 16.4 Å². The average Bonchev–Trinajstić information content (AvgIpc) is 2.59. The Morgan fingerprint density at radius 1 is 1.00 bits per heavy atom. The minimum Gasteiger partial charge on any atom is -0.436 e. The molecule has 0 saturated carbocycles. The maximum Gasteiger partial charge on any atom is 0.332 e. The van der Waals surface area contributed by atoms with Crippen LogP contribution >= 0.6 is 0 Å². The first-order chi connectivity index (χ1) is 11.4. The van der Waals surface area contributed by atoms with E-state index in [1.54, 1.807) is 0 Å². The van der Waals surface area contributed by atoms with Gasteiger partial charge in [0.1, 0.15) is 0 Å². The normalized spacial score (nSPS) is 11.8. The van der Waals surface area contributed by atoms with Crippen molar-refractivity contribution in [2.24, 2.45) is 0 Å². The Labute approximate surface area is 145 Å². The second-order valence-electron chi connectivity index (χ2n) is 6.59. The van der Waals surface area contributed by atoms with E-state index in [1.165, 1.54) is 0 Å². The van der Waals surface area contributed by atoms with E-state index in [-0.39, 0.29) is 11.8 Å². The molecular weight excluding hydrogens is 316 g/mol. The monoisotopic (exact) mass is 340 g/mol. The molecule has 0 aromatic heterocycles. The third-order valence-corrected chi connectivity index (χ3v) is 9.02. The summed E-state index contributed by atoms with van der Waals surface area (Å²) in [5.74, 6) is -0.479. The lowest BCUT2D eigenvalue weighted by Gasteiger charge is -2.42. The number of hydrogen-bond acceptors (Lipinski definition) is 3. The van der Waals surface area contributed by atoms with Crippen LogP contribution < -0.4 is 10.4 Å². The molecule has 0 unspecified atom stereocenters. The molecule has 24 heavy (non-hydrogen) atoms. The SMILES string of the molecule is C=CC(=O)OCO[Si](c1ccccc1)(c1ccccc1)C(C)(C)C. The van der Waals surface area contributed by atoms with Crippen LogP contribution in [-0.4, -0.2) is 21.1 Å². The van der Waals surface area contributed by atoms with Crippen LogP contribution in [0.15, 0.2) is 73.3 Å². The topological polar surface area (TPSA) is 35.5 Å². The summed E-state index contributed by atoms with van der Waals surface area (Å²) in [7, 11) is -2.64. The number of esters is 1. The minimum atomic E-state index is -2.64. The van der Waals surface area contributed by atoms with Crippen LogP contribution in [0.1, 0.15) is 20.8 Å². The summed E-state index contributed by atoms with van der Waals surface area (Å²) in [5.41, 5.74) is 0. The van der Waals surface area contributed by atoms with Gasteiger partial charge in [-0.3, -0.25) is 0 Å². The summed E-state index contributed by atoms with van der Waals surface area (Å²) in [6, 6.07) is 20.5. The molecule has 0 aliphatic carbocycles. The van der Waals surface area contributed by atoms with Crippen molar-refractivity contribution in [1.82, 2.24) is 0 Å². The van der Waals surface area contributed by atoms with Gasteiger partial charge in [-0.15, -0.1) is 0 Å². The zero-order chi connectivity index (χ0) is 17.6. The van der Waals surface area contributed by atoms with Crippen molar-refractivity contribution in [2.75, 3.05) is 6.79 Å². The van der Waals surface area contributed by atoms with E-state index in [1.807, 2.05) is 36.4 Å². The molecule has 2 rings (SSSR count). The van der Waals surface area contributed by atoms with Crippen molar-refractivity contribution in [2.45, 2.75) is 25.8 Å². The minimum absolute atomic E-state index is 0.0852. The molecule has 0 heterocycles. The maximum atomic E-state index is 11.4. The van der Waals surface area contributed by atoms with Crippen LogP contribution in [-0.2, 0) is 14.0 Å². The molecule has 0 radical (unpaired) electrons. The molecule has 0 bridgehead atoms. The van der Waals surface area contributed by atoms with Gasteiger partial charge in [0, 0.05) is 6.08 Å². The zero-order valence-electron chi connectivity index (χ0n) is 14.5. The fourth-order valence-electron chi connectivity index (χ4n) is 3.00. The summed E-state index contributed by atoms with van der Waals surface area (Å²) in [6.07, 6.45) is 1.15. The smallest absolute Gasteiger partial charge is 0.332 e. The first-order valence-corrected chi connectivity index (χ1v) is 9.87. The molecule has 126 valence electrons. The van der Waals surface area contributed by atoms with Gasteiger partial charge < -0.3 is 9.16 Å². The lowest BCUT2D eigenvalue weighted by molar-refractivity contribution is -0.144.